The van der Waals surface area contributed by atoms with Crippen molar-refractivity contribution in [2.24, 2.45) is 7.05 Å². The van der Waals surface area contributed by atoms with Crippen LogP contribution < -0.4 is 16.6 Å². The van der Waals surface area contributed by atoms with Crippen LogP contribution in [0.1, 0.15) is 16.1 Å². The van der Waals surface area contributed by atoms with E-state index in [0.717, 1.165) is 0 Å². The van der Waals surface area contributed by atoms with Gasteiger partial charge in [-0.05, 0) is 25.1 Å². The summed E-state index contributed by atoms with van der Waals surface area (Å²) in [6, 6.07) is 10.6. The number of rotatable bonds is 3. The van der Waals surface area contributed by atoms with Gasteiger partial charge in [0, 0.05) is 13.2 Å². The minimum atomic E-state index is -0.510. The molecular formula is C18H16N6O3. The van der Waals surface area contributed by atoms with Gasteiger partial charge in [-0.2, -0.15) is 0 Å². The lowest BCUT2D eigenvalue weighted by molar-refractivity contribution is 0.102. The molecule has 0 spiro atoms. The Morgan fingerprint density at radius 1 is 1.11 bits per heavy atom. The highest BCUT2D eigenvalue weighted by Gasteiger charge is 2.20. The summed E-state index contributed by atoms with van der Waals surface area (Å²) < 4.78 is 3.15. The highest BCUT2D eigenvalue weighted by molar-refractivity contribution is 6.11. The molecular weight excluding hydrogens is 348 g/mol. The maximum absolute atomic E-state index is 12.9. The lowest BCUT2D eigenvalue weighted by Gasteiger charge is -2.07. The molecule has 4 aromatic rings. The van der Waals surface area contributed by atoms with Crippen LogP contribution in [0.5, 0.6) is 0 Å². The van der Waals surface area contributed by atoms with Gasteiger partial charge >= 0.3 is 5.69 Å². The number of para-hydroxylation sites is 1. The Labute approximate surface area is 152 Å². The average molecular weight is 364 g/mol. The summed E-state index contributed by atoms with van der Waals surface area (Å²) in [5.74, 6) is -0.510. The third-order valence-electron chi connectivity index (χ3n) is 4.46. The summed E-state index contributed by atoms with van der Waals surface area (Å²) in [5, 5.41) is 2.67. The number of aromatic amines is 2. The number of aromatic nitrogens is 5. The zero-order valence-electron chi connectivity index (χ0n) is 14.6. The van der Waals surface area contributed by atoms with Crippen LogP contribution in [0.25, 0.3) is 16.9 Å². The van der Waals surface area contributed by atoms with Crippen LogP contribution in [0.2, 0.25) is 0 Å². The molecule has 0 atom stereocenters. The van der Waals surface area contributed by atoms with Crippen molar-refractivity contribution in [3.05, 3.63) is 74.7 Å². The van der Waals surface area contributed by atoms with Gasteiger partial charge in [0.2, 0.25) is 0 Å². The number of nitrogens with one attached hydrogen (secondary N) is 3. The number of pyridine rings is 1. The zero-order valence-corrected chi connectivity index (χ0v) is 14.6. The molecule has 0 bridgehead atoms. The van der Waals surface area contributed by atoms with E-state index < -0.39 is 11.6 Å². The quantitative estimate of drug-likeness (QED) is 0.508. The molecule has 9 nitrogen and oxygen atoms in total. The van der Waals surface area contributed by atoms with Crippen LogP contribution in [-0.2, 0) is 7.05 Å². The number of imidazole rings is 1. The topological polar surface area (TPSA) is 118 Å². The number of carbonyl (C=O) groups is 1. The summed E-state index contributed by atoms with van der Waals surface area (Å²) >= 11 is 0. The molecule has 0 saturated carbocycles. The van der Waals surface area contributed by atoms with E-state index in [1.54, 1.807) is 18.7 Å². The second-order valence-electron chi connectivity index (χ2n) is 6.05. The van der Waals surface area contributed by atoms with E-state index in [9.17, 15) is 14.4 Å². The summed E-state index contributed by atoms with van der Waals surface area (Å²) in [6.07, 6.45) is 1.42. The number of hydrogen-bond donors (Lipinski definition) is 3. The van der Waals surface area contributed by atoms with E-state index >= 15 is 0 Å². The molecule has 0 fully saturated rings. The molecule has 9 heteroatoms. The van der Waals surface area contributed by atoms with Crippen molar-refractivity contribution in [2.45, 2.75) is 6.92 Å². The highest BCUT2D eigenvalue weighted by Crippen LogP contribution is 2.17. The summed E-state index contributed by atoms with van der Waals surface area (Å²) in [7, 11) is 1.74. The van der Waals surface area contributed by atoms with Gasteiger partial charge in [0.1, 0.15) is 5.69 Å². The molecule has 3 aromatic heterocycles. The van der Waals surface area contributed by atoms with Gasteiger partial charge in [-0.25, -0.2) is 14.5 Å². The van der Waals surface area contributed by atoms with Crippen LogP contribution >= 0.6 is 0 Å². The Hall–Kier alpha value is -3.88. The maximum Gasteiger partial charge on any atom is 0.325 e. The molecule has 0 unspecified atom stereocenters. The fourth-order valence-corrected chi connectivity index (χ4v) is 3.02. The second kappa shape index (κ2) is 6.13. The third kappa shape index (κ3) is 2.65. The molecule has 0 aliphatic carbocycles. The lowest BCUT2D eigenvalue weighted by Crippen LogP contribution is -2.23. The molecule has 1 aromatic carbocycles. The van der Waals surface area contributed by atoms with Crippen LogP contribution in [0.3, 0.4) is 0 Å². The van der Waals surface area contributed by atoms with Gasteiger partial charge in [0.05, 0.1) is 22.5 Å². The van der Waals surface area contributed by atoms with Gasteiger partial charge in [-0.1, -0.05) is 18.2 Å². The minimum absolute atomic E-state index is 0.175. The average Bonchev–Trinajstić information content (AvgIpc) is 3.14. The first-order valence-electron chi connectivity index (χ1n) is 8.19. The summed E-state index contributed by atoms with van der Waals surface area (Å²) in [5.41, 5.74) is 1.44. The molecule has 3 heterocycles. The molecule has 4 rings (SSSR count). The number of H-pyrrole nitrogens is 2. The molecule has 27 heavy (non-hydrogen) atoms. The van der Waals surface area contributed by atoms with Crippen LogP contribution in [-0.4, -0.2) is 30.2 Å². The normalized spacial score (nSPS) is 11.0. The summed E-state index contributed by atoms with van der Waals surface area (Å²) in [6.45, 7) is 1.75. The summed E-state index contributed by atoms with van der Waals surface area (Å²) in [4.78, 5) is 46.2. The number of hydrogen-bond acceptors (Lipinski definition) is 4. The molecule has 136 valence electrons. The van der Waals surface area contributed by atoms with Crippen molar-refractivity contribution in [2.75, 3.05) is 5.32 Å². The van der Waals surface area contributed by atoms with Crippen molar-refractivity contribution < 1.29 is 4.79 Å². The first-order chi connectivity index (χ1) is 13.0. The van der Waals surface area contributed by atoms with Gasteiger partial charge in [0.15, 0.2) is 5.65 Å². The van der Waals surface area contributed by atoms with Gasteiger partial charge in [-0.15, -0.1) is 0 Å². The molecule has 0 aliphatic rings. The van der Waals surface area contributed by atoms with E-state index in [1.807, 2.05) is 30.3 Å². The van der Waals surface area contributed by atoms with Crippen molar-refractivity contribution >= 4 is 22.8 Å². The number of amides is 1. The van der Waals surface area contributed by atoms with Gasteiger partial charge in [0.25, 0.3) is 11.5 Å². The Bertz CT molecular complexity index is 1280. The fourth-order valence-electron chi connectivity index (χ4n) is 3.02. The number of benzene rings is 1. The van der Waals surface area contributed by atoms with E-state index in [4.69, 9.17) is 0 Å². The minimum Gasteiger partial charge on any atom is -0.316 e. The van der Waals surface area contributed by atoms with Gasteiger partial charge in [-0.3, -0.25) is 19.3 Å². The Morgan fingerprint density at radius 3 is 2.59 bits per heavy atom. The largest absolute Gasteiger partial charge is 0.325 e. The van der Waals surface area contributed by atoms with E-state index in [1.165, 1.54) is 16.9 Å². The number of carbonyl (C=O) groups excluding carboxylic acids is 1. The first kappa shape index (κ1) is 16.6. The lowest BCUT2D eigenvalue weighted by atomic mass is 10.2. The van der Waals surface area contributed by atoms with Crippen molar-refractivity contribution in [3.63, 3.8) is 0 Å². The van der Waals surface area contributed by atoms with E-state index in [2.05, 4.69) is 20.3 Å². The molecule has 1 amide bonds. The predicted molar refractivity (Wildman–Crippen MR) is 100 cm³/mol. The number of nitrogens with zero attached hydrogens (tertiary/aromatic N) is 3. The first-order valence-corrected chi connectivity index (χ1v) is 8.19. The SMILES string of the molecule is Cc1c(NC(=O)c2ccnc3[nH]c(=O)[nH]c23)c(=O)n(-c2ccccc2)n1C. The fraction of sp³-hybridized carbons (Fsp3) is 0.111. The van der Waals surface area contributed by atoms with Gasteiger partial charge < -0.3 is 10.3 Å². The molecule has 0 aliphatic heterocycles. The van der Waals surface area contributed by atoms with Crippen LogP contribution in [0.15, 0.2) is 52.2 Å². The Balaban J connectivity index is 1.78. The molecule has 3 N–H and O–H groups in total. The number of fused-ring (bicyclic) bond motifs is 1. The monoisotopic (exact) mass is 364 g/mol. The Kier molecular flexibility index (Phi) is 3.76. The van der Waals surface area contributed by atoms with E-state index in [-0.39, 0.29) is 28.0 Å². The Morgan fingerprint density at radius 2 is 1.85 bits per heavy atom. The van der Waals surface area contributed by atoms with Crippen molar-refractivity contribution in [1.29, 1.82) is 0 Å². The highest BCUT2D eigenvalue weighted by atomic mass is 16.2. The van der Waals surface area contributed by atoms with Crippen LogP contribution in [0.4, 0.5) is 5.69 Å². The van der Waals surface area contributed by atoms with Crippen molar-refractivity contribution in [3.8, 4) is 5.69 Å². The van der Waals surface area contributed by atoms with E-state index in [0.29, 0.717) is 11.4 Å². The third-order valence-corrected chi connectivity index (χ3v) is 4.46. The second-order valence-corrected chi connectivity index (χ2v) is 6.05. The predicted octanol–water partition coefficient (Wildman–Crippen LogP) is 1.30. The maximum atomic E-state index is 12.9. The van der Waals surface area contributed by atoms with Crippen LogP contribution in [0, 0.1) is 6.92 Å². The zero-order chi connectivity index (χ0) is 19.1. The standard InChI is InChI=1S/C18H16N6O3/c1-10-13(17(26)24(23(10)2)11-6-4-3-5-7-11)20-16(25)12-8-9-19-15-14(12)21-18(27)22-15/h3-9H,1-2H3,(H,20,25)(H2,19,21,22,27). The molecule has 0 radical (unpaired) electrons. The number of anilines is 1. The smallest absolute Gasteiger partial charge is 0.316 e. The molecule has 0 saturated heterocycles. The van der Waals surface area contributed by atoms with Crippen molar-refractivity contribution in [1.82, 2.24) is 24.3 Å².